The second-order valence-corrected chi connectivity index (χ2v) is 5.40. The highest BCUT2D eigenvalue weighted by atomic mass is 16.2. The molecule has 4 nitrogen and oxygen atoms in total. The summed E-state index contributed by atoms with van der Waals surface area (Å²) in [6.07, 6.45) is 0.336. The fourth-order valence-electron chi connectivity index (χ4n) is 2.58. The molecule has 0 unspecified atom stereocenters. The van der Waals surface area contributed by atoms with Crippen LogP contribution < -0.4 is 5.32 Å². The number of hydrogen-bond acceptors (Lipinski definition) is 2. The largest absolute Gasteiger partial charge is 0.353 e. The van der Waals surface area contributed by atoms with Crippen molar-refractivity contribution < 1.29 is 9.59 Å². The van der Waals surface area contributed by atoms with Crippen molar-refractivity contribution in [3.63, 3.8) is 0 Å². The van der Waals surface area contributed by atoms with Crippen LogP contribution in [0.2, 0.25) is 0 Å². The lowest BCUT2D eigenvalue weighted by Crippen LogP contribution is -2.50. The minimum Gasteiger partial charge on any atom is -0.353 e. The molecule has 1 saturated heterocycles. The Bertz CT molecular complexity index is 665. The van der Waals surface area contributed by atoms with Gasteiger partial charge in [0.05, 0.1) is 13.0 Å². The van der Waals surface area contributed by atoms with Gasteiger partial charge >= 0.3 is 0 Å². The van der Waals surface area contributed by atoms with Crippen LogP contribution in [0.3, 0.4) is 0 Å². The second-order valence-electron chi connectivity index (χ2n) is 5.40. The average Bonchev–Trinajstić information content (AvgIpc) is 2.56. The molecule has 22 heavy (non-hydrogen) atoms. The zero-order valence-electron chi connectivity index (χ0n) is 12.3. The summed E-state index contributed by atoms with van der Waals surface area (Å²) in [5, 5.41) is 2.72. The predicted octanol–water partition coefficient (Wildman–Crippen LogP) is 1.85. The van der Waals surface area contributed by atoms with Crippen molar-refractivity contribution in [2.45, 2.75) is 6.42 Å². The molecule has 0 saturated carbocycles. The van der Waals surface area contributed by atoms with Crippen molar-refractivity contribution in [2.75, 3.05) is 19.6 Å². The van der Waals surface area contributed by atoms with Crippen LogP contribution in [0, 0.1) is 0 Å². The van der Waals surface area contributed by atoms with E-state index in [0.717, 1.165) is 16.7 Å². The van der Waals surface area contributed by atoms with Gasteiger partial charge in [0.15, 0.2) is 0 Å². The molecule has 3 rings (SSSR count). The van der Waals surface area contributed by atoms with Crippen molar-refractivity contribution in [1.29, 1.82) is 0 Å². The third-order valence-electron chi connectivity index (χ3n) is 3.81. The number of carbonyl (C=O) groups is 2. The minimum atomic E-state index is -0.0842. The summed E-state index contributed by atoms with van der Waals surface area (Å²) in [6.45, 7) is 1.30. The molecule has 0 radical (unpaired) electrons. The van der Waals surface area contributed by atoms with E-state index < -0.39 is 0 Å². The lowest BCUT2D eigenvalue weighted by molar-refractivity contribution is -0.137. The molecule has 1 aliphatic heterocycles. The van der Waals surface area contributed by atoms with Crippen LogP contribution in [0.25, 0.3) is 11.1 Å². The van der Waals surface area contributed by atoms with Crippen molar-refractivity contribution in [3.8, 4) is 11.1 Å². The molecule has 4 heteroatoms. The van der Waals surface area contributed by atoms with Crippen molar-refractivity contribution >= 4 is 11.8 Å². The van der Waals surface area contributed by atoms with Crippen LogP contribution in [0.15, 0.2) is 54.6 Å². The second kappa shape index (κ2) is 6.43. The molecule has 0 spiro atoms. The van der Waals surface area contributed by atoms with Crippen molar-refractivity contribution in [2.24, 2.45) is 0 Å². The highest BCUT2D eigenvalue weighted by Gasteiger charge is 2.20. The molecular formula is C18H18N2O2. The molecule has 0 atom stereocenters. The fraction of sp³-hybridized carbons (Fsp3) is 0.222. The maximum absolute atomic E-state index is 12.2. The maximum atomic E-state index is 12.2. The number of benzene rings is 2. The third kappa shape index (κ3) is 3.34. The molecular weight excluding hydrogens is 276 g/mol. The SMILES string of the molecule is O=C1CN(C(=O)Cc2ccc(-c3ccccc3)cc2)CCN1. The summed E-state index contributed by atoms with van der Waals surface area (Å²) in [6, 6.07) is 18.1. The molecule has 1 N–H and O–H groups in total. The lowest BCUT2D eigenvalue weighted by atomic mass is 10.0. The van der Waals surface area contributed by atoms with Crippen LogP contribution in [0.5, 0.6) is 0 Å². The number of rotatable bonds is 3. The molecule has 1 fully saturated rings. The Balaban J connectivity index is 1.66. The van der Waals surface area contributed by atoms with E-state index in [-0.39, 0.29) is 18.4 Å². The van der Waals surface area contributed by atoms with E-state index in [1.54, 1.807) is 4.90 Å². The van der Waals surface area contributed by atoms with Gasteiger partial charge in [-0.1, -0.05) is 54.6 Å². The summed E-state index contributed by atoms with van der Waals surface area (Å²) < 4.78 is 0. The molecule has 112 valence electrons. The first-order chi connectivity index (χ1) is 10.7. The Kier molecular flexibility index (Phi) is 4.19. The Labute approximate surface area is 129 Å². The van der Waals surface area contributed by atoms with E-state index >= 15 is 0 Å². The lowest BCUT2D eigenvalue weighted by Gasteiger charge is -2.26. The van der Waals surface area contributed by atoms with Crippen LogP contribution in [0.4, 0.5) is 0 Å². The smallest absolute Gasteiger partial charge is 0.239 e. The Hall–Kier alpha value is -2.62. The number of nitrogens with one attached hydrogen (secondary N) is 1. The maximum Gasteiger partial charge on any atom is 0.239 e. The van der Waals surface area contributed by atoms with Gasteiger partial charge in [0.1, 0.15) is 0 Å². The topological polar surface area (TPSA) is 49.4 Å². The van der Waals surface area contributed by atoms with Gasteiger partial charge in [-0.2, -0.15) is 0 Å². The zero-order chi connectivity index (χ0) is 15.4. The first kappa shape index (κ1) is 14.3. The van der Waals surface area contributed by atoms with Crippen LogP contribution in [0.1, 0.15) is 5.56 Å². The van der Waals surface area contributed by atoms with E-state index in [1.165, 1.54) is 0 Å². The van der Waals surface area contributed by atoms with E-state index in [4.69, 9.17) is 0 Å². The molecule has 1 heterocycles. The molecule has 1 aliphatic rings. The van der Waals surface area contributed by atoms with Crippen molar-refractivity contribution in [3.05, 3.63) is 60.2 Å². The summed E-state index contributed by atoms with van der Waals surface area (Å²) in [4.78, 5) is 25.2. The third-order valence-corrected chi connectivity index (χ3v) is 3.81. The number of nitrogens with zero attached hydrogens (tertiary/aromatic N) is 1. The van der Waals surface area contributed by atoms with Gasteiger partial charge in [-0.15, -0.1) is 0 Å². The van der Waals surface area contributed by atoms with Gasteiger partial charge in [-0.05, 0) is 16.7 Å². The molecule has 2 amide bonds. The normalized spacial score (nSPS) is 14.5. The highest BCUT2D eigenvalue weighted by molar-refractivity contribution is 5.87. The first-order valence-corrected chi connectivity index (χ1v) is 7.41. The zero-order valence-corrected chi connectivity index (χ0v) is 12.3. The van der Waals surface area contributed by atoms with Gasteiger partial charge in [-0.25, -0.2) is 0 Å². The number of hydrogen-bond donors (Lipinski definition) is 1. The van der Waals surface area contributed by atoms with Gasteiger partial charge in [-0.3, -0.25) is 9.59 Å². The van der Waals surface area contributed by atoms with E-state index in [2.05, 4.69) is 17.4 Å². The van der Waals surface area contributed by atoms with E-state index in [1.807, 2.05) is 42.5 Å². The van der Waals surface area contributed by atoms with Gasteiger partial charge in [0, 0.05) is 13.1 Å². The molecule has 0 bridgehead atoms. The standard InChI is InChI=1S/C18H18N2O2/c21-17-13-20(11-10-19-17)18(22)12-14-6-8-16(9-7-14)15-4-2-1-3-5-15/h1-9H,10-13H2,(H,19,21). The van der Waals surface area contributed by atoms with Gasteiger partial charge < -0.3 is 10.2 Å². The Morgan fingerprint density at radius 1 is 1.00 bits per heavy atom. The summed E-state index contributed by atoms with van der Waals surface area (Å²) in [5.74, 6) is -0.0821. The summed E-state index contributed by atoms with van der Waals surface area (Å²) >= 11 is 0. The Morgan fingerprint density at radius 3 is 2.36 bits per heavy atom. The molecule has 2 aromatic rings. The van der Waals surface area contributed by atoms with Gasteiger partial charge in [0.2, 0.25) is 11.8 Å². The summed E-state index contributed by atoms with van der Waals surface area (Å²) in [5.41, 5.74) is 3.26. The average molecular weight is 294 g/mol. The van der Waals surface area contributed by atoms with Crippen LogP contribution in [-0.2, 0) is 16.0 Å². The highest BCUT2D eigenvalue weighted by Crippen LogP contribution is 2.19. The molecule has 2 aromatic carbocycles. The number of amides is 2. The fourth-order valence-corrected chi connectivity index (χ4v) is 2.58. The van der Waals surface area contributed by atoms with E-state index in [0.29, 0.717) is 19.5 Å². The number of carbonyl (C=O) groups excluding carboxylic acids is 2. The predicted molar refractivity (Wildman–Crippen MR) is 85.2 cm³/mol. The van der Waals surface area contributed by atoms with Crippen LogP contribution >= 0.6 is 0 Å². The molecule has 0 aliphatic carbocycles. The quantitative estimate of drug-likeness (QED) is 0.939. The number of piperazine rings is 1. The minimum absolute atomic E-state index is 0.00214. The first-order valence-electron chi connectivity index (χ1n) is 7.41. The summed E-state index contributed by atoms with van der Waals surface area (Å²) in [7, 11) is 0. The van der Waals surface area contributed by atoms with Gasteiger partial charge in [0.25, 0.3) is 0 Å². The Morgan fingerprint density at radius 2 is 1.68 bits per heavy atom. The van der Waals surface area contributed by atoms with Crippen LogP contribution in [-0.4, -0.2) is 36.3 Å². The monoisotopic (exact) mass is 294 g/mol. The van der Waals surface area contributed by atoms with E-state index in [9.17, 15) is 9.59 Å². The molecule has 0 aromatic heterocycles. The van der Waals surface area contributed by atoms with Crippen molar-refractivity contribution in [1.82, 2.24) is 10.2 Å².